The average molecular weight is 263 g/mol. The standard InChI is InChI=1S/C15H15ClO2/c1-15(17,11-6-4-3-5-7-11)12-8-9-13(16)14(10-12)18-2/h3-10,17H,1-2H3. The van der Waals surface area contributed by atoms with Gasteiger partial charge in [0.25, 0.3) is 0 Å². The minimum Gasteiger partial charge on any atom is -0.495 e. The van der Waals surface area contributed by atoms with Crippen molar-refractivity contribution < 1.29 is 9.84 Å². The Morgan fingerprint density at radius 3 is 2.33 bits per heavy atom. The molecule has 0 aromatic heterocycles. The molecule has 0 saturated carbocycles. The topological polar surface area (TPSA) is 29.5 Å². The molecule has 0 fully saturated rings. The van der Waals surface area contributed by atoms with Crippen LogP contribution in [-0.2, 0) is 5.60 Å². The summed E-state index contributed by atoms with van der Waals surface area (Å²) in [5.74, 6) is 0.561. The van der Waals surface area contributed by atoms with E-state index >= 15 is 0 Å². The van der Waals surface area contributed by atoms with Crippen LogP contribution in [0.3, 0.4) is 0 Å². The molecule has 1 atom stereocenters. The van der Waals surface area contributed by atoms with Gasteiger partial charge in [-0.25, -0.2) is 0 Å². The molecule has 0 radical (unpaired) electrons. The first-order chi connectivity index (χ1) is 8.55. The number of methoxy groups -OCH3 is 1. The van der Waals surface area contributed by atoms with Crippen LogP contribution in [0.15, 0.2) is 48.5 Å². The summed E-state index contributed by atoms with van der Waals surface area (Å²) in [7, 11) is 1.56. The molecule has 0 spiro atoms. The van der Waals surface area contributed by atoms with Crippen molar-refractivity contribution in [1.82, 2.24) is 0 Å². The van der Waals surface area contributed by atoms with Gasteiger partial charge in [-0.2, -0.15) is 0 Å². The van der Waals surface area contributed by atoms with Crippen molar-refractivity contribution in [1.29, 1.82) is 0 Å². The number of halogens is 1. The number of aliphatic hydroxyl groups is 1. The van der Waals surface area contributed by atoms with E-state index in [1.165, 1.54) is 0 Å². The van der Waals surface area contributed by atoms with E-state index in [0.717, 1.165) is 11.1 Å². The summed E-state index contributed by atoms with van der Waals surface area (Å²) < 4.78 is 5.17. The Morgan fingerprint density at radius 2 is 1.72 bits per heavy atom. The van der Waals surface area contributed by atoms with Gasteiger partial charge in [-0.1, -0.05) is 48.0 Å². The quantitative estimate of drug-likeness (QED) is 0.916. The zero-order valence-corrected chi connectivity index (χ0v) is 11.1. The van der Waals surface area contributed by atoms with Gasteiger partial charge in [-0.3, -0.25) is 0 Å². The summed E-state index contributed by atoms with van der Waals surface area (Å²) in [6, 6.07) is 14.8. The van der Waals surface area contributed by atoms with Gasteiger partial charge in [-0.15, -0.1) is 0 Å². The molecule has 0 heterocycles. The number of benzene rings is 2. The monoisotopic (exact) mass is 262 g/mol. The van der Waals surface area contributed by atoms with E-state index in [9.17, 15) is 5.11 Å². The maximum absolute atomic E-state index is 10.7. The van der Waals surface area contributed by atoms with E-state index in [1.807, 2.05) is 30.3 Å². The normalized spacial score (nSPS) is 14.0. The Hall–Kier alpha value is -1.51. The summed E-state index contributed by atoms with van der Waals surface area (Å²) >= 11 is 5.99. The van der Waals surface area contributed by atoms with Gasteiger partial charge in [-0.05, 0) is 30.2 Å². The van der Waals surface area contributed by atoms with Crippen LogP contribution >= 0.6 is 11.6 Å². The minimum absolute atomic E-state index is 0.533. The Bertz CT molecular complexity index is 535. The number of ether oxygens (including phenoxy) is 1. The molecule has 1 unspecified atom stereocenters. The third kappa shape index (κ3) is 2.35. The Morgan fingerprint density at radius 1 is 1.06 bits per heavy atom. The molecule has 0 aliphatic heterocycles. The molecule has 0 bridgehead atoms. The van der Waals surface area contributed by atoms with Crippen LogP contribution in [0.4, 0.5) is 0 Å². The molecule has 0 aliphatic rings. The van der Waals surface area contributed by atoms with Crippen molar-refractivity contribution in [2.24, 2.45) is 0 Å². The van der Waals surface area contributed by atoms with Crippen molar-refractivity contribution in [3.8, 4) is 5.75 Å². The van der Waals surface area contributed by atoms with Crippen molar-refractivity contribution in [2.45, 2.75) is 12.5 Å². The second-order valence-electron chi connectivity index (χ2n) is 4.29. The van der Waals surface area contributed by atoms with Gasteiger partial charge in [0.2, 0.25) is 0 Å². The summed E-state index contributed by atoms with van der Waals surface area (Å²) in [6.07, 6.45) is 0. The van der Waals surface area contributed by atoms with Crippen molar-refractivity contribution in [2.75, 3.05) is 7.11 Å². The van der Waals surface area contributed by atoms with Gasteiger partial charge < -0.3 is 9.84 Å². The SMILES string of the molecule is COc1cc(C(C)(O)c2ccccc2)ccc1Cl. The van der Waals surface area contributed by atoms with Crippen LogP contribution in [-0.4, -0.2) is 12.2 Å². The molecular weight excluding hydrogens is 248 g/mol. The lowest BCUT2D eigenvalue weighted by Crippen LogP contribution is -2.22. The molecule has 2 aromatic rings. The second-order valence-corrected chi connectivity index (χ2v) is 4.69. The third-order valence-electron chi connectivity index (χ3n) is 3.05. The molecule has 2 aromatic carbocycles. The molecule has 0 aliphatic carbocycles. The largest absolute Gasteiger partial charge is 0.495 e. The predicted octanol–water partition coefficient (Wildman–Crippen LogP) is 3.60. The predicted molar refractivity (Wildman–Crippen MR) is 73.1 cm³/mol. The highest BCUT2D eigenvalue weighted by atomic mass is 35.5. The Labute approximate surface area is 112 Å². The van der Waals surface area contributed by atoms with Crippen LogP contribution in [0.25, 0.3) is 0 Å². The fourth-order valence-electron chi connectivity index (χ4n) is 1.89. The van der Waals surface area contributed by atoms with E-state index in [0.29, 0.717) is 10.8 Å². The summed E-state index contributed by atoms with van der Waals surface area (Å²) in [4.78, 5) is 0. The fourth-order valence-corrected chi connectivity index (χ4v) is 2.09. The molecule has 0 saturated heterocycles. The molecular formula is C15H15ClO2. The maximum Gasteiger partial charge on any atom is 0.137 e. The van der Waals surface area contributed by atoms with Gasteiger partial charge in [0.05, 0.1) is 12.1 Å². The first kappa shape index (κ1) is 12.9. The summed E-state index contributed by atoms with van der Waals surface area (Å²) in [5.41, 5.74) is 0.503. The van der Waals surface area contributed by atoms with Gasteiger partial charge >= 0.3 is 0 Å². The van der Waals surface area contributed by atoms with Crippen LogP contribution in [0.5, 0.6) is 5.75 Å². The highest BCUT2D eigenvalue weighted by molar-refractivity contribution is 6.32. The maximum atomic E-state index is 10.7. The molecule has 0 amide bonds. The molecule has 94 valence electrons. The van der Waals surface area contributed by atoms with Crippen molar-refractivity contribution in [3.63, 3.8) is 0 Å². The van der Waals surface area contributed by atoms with Crippen molar-refractivity contribution in [3.05, 3.63) is 64.7 Å². The van der Waals surface area contributed by atoms with Crippen molar-refractivity contribution >= 4 is 11.6 Å². The van der Waals surface area contributed by atoms with E-state index in [2.05, 4.69) is 0 Å². The molecule has 3 heteroatoms. The van der Waals surface area contributed by atoms with E-state index in [1.54, 1.807) is 32.2 Å². The number of hydrogen-bond acceptors (Lipinski definition) is 2. The smallest absolute Gasteiger partial charge is 0.137 e. The van der Waals surface area contributed by atoms with E-state index in [4.69, 9.17) is 16.3 Å². The lowest BCUT2D eigenvalue weighted by molar-refractivity contribution is 0.102. The molecule has 1 N–H and O–H groups in total. The van der Waals surface area contributed by atoms with Crippen LogP contribution in [0.2, 0.25) is 5.02 Å². The number of hydrogen-bond donors (Lipinski definition) is 1. The molecule has 2 rings (SSSR count). The van der Waals surface area contributed by atoms with Crippen LogP contribution in [0.1, 0.15) is 18.1 Å². The van der Waals surface area contributed by atoms with Gasteiger partial charge in [0, 0.05) is 0 Å². The highest BCUT2D eigenvalue weighted by Gasteiger charge is 2.26. The second kappa shape index (κ2) is 5.01. The Kier molecular flexibility index (Phi) is 3.60. The summed E-state index contributed by atoms with van der Waals surface area (Å²) in [5, 5.41) is 11.2. The lowest BCUT2D eigenvalue weighted by Gasteiger charge is -2.25. The van der Waals surface area contributed by atoms with E-state index in [-0.39, 0.29) is 0 Å². The van der Waals surface area contributed by atoms with E-state index < -0.39 is 5.60 Å². The molecule has 2 nitrogen and oxygen atoms in total. The summed E-state index contributed by atoms with van der Waals surface area (Å²) in [6.45, 7) is 1.75. The average Bonchev–Trinajstić information content (AvgIpc) is 2.40. The number of rotatable bonds is 3. The lowest BCUT2D eigenvalue weighted by atomic mass is 9.88. The molecule has 18 heavy (non-hydrogen) atoms. The Balaban J connectivity index is 2.47. The minimum atomic E-state index is -1.07. The zero-order chi connectivity index (χ0) is 13.2. The zero-order valence-electron chi connectivity index (χ0n) is 10.4. The first-order valence-electron chi connectivity index (χ1n) is 5.67. The van der Waals surface area contributed by atoms with Crippen LogP contribution in [0, 0.1) is 0 Å². The van der Waals surface area contributed by atoms with Crippen LogP contribution < -0.4 is 4.74 Å². The first-order valence-corrected chi connectivity index (χ1v) is 6.05. The fraction of sp³-hybridized carbons (Fsp3) is 0.200. The van der Waals surface area contributed by atoms with Gasteiger partial charge in [0.1, 0.15) is 11.4 Å². The highest BCUT2D eigenvalue weighted by Crippen LogP contribution is 2.34. The van der Waals surface area contributed by atoms with Gasteiger partial charge in [0.15, 0.2) is 0 Å². The third-order valence-corrected chi connectivity index (χ3v) is 3.36.